The predicted octanol–water partition coefficient (Wildman–Crippen LogP) is 4.14. The van der Waals surface area contributed by atoms with Gasteiger partial charge in [0.15, 0.2) is 0 Å². The summed E-state index contributed by atoms with van der Waals surface area (Å²) >= 11 is 1.35. The molecule has 0 aliphatic carbocycles. The van der Waals surface area contributed by atoms with Crippen LogP contribution in [0.1, 0.15) is 0 Å². The number of rotatable bonds is 7. The Balaban J connectivity index is 1.50. The zero-order valence-electron chi connectivity index (χ0n) is 16.5. The van der Waals surface area contributed by atoms with E-state index < -0.39 is 0 Å². The van der Waals surface area contributed by atoms with Gasteiger partial charge in [-0.15, -0.1) is 0 Å². The number of anilines is 1. The van der Waals surface area contributed by atoms with E-state index in [9.17, 15) is 4.79 Å². The van der Waals surface area contributed by atoms with Gasteiger partial charge in [0.25, 0.3) is 0 Å². The predicted molar refractivity (Wildman–Crippen MR) is 117 cm³/mol. The Labute approximate surface area is 178 Å². The molecule has 4 aromatic rings. The zero-order valence-corrected chi connectivity index (χ0v) is 17.3. The Hall–Kier alpha value is -3.52. The maximum absolute atomic E-state index is 12.5. The first-order chi connectivity index (χ1) is 14.7. The fraction of sp³-hybridized carbons (Fsp3) is 0.136. The minimum absolute atomic E-state index is 0.168. The van der Waals surface area contributed by atoms with Crippen molar-refractivity contribution in [1.29, 1.82) is 0 Å². The third kappa shape index (κ3) is 4.23. The van der Waals surface area contributed by atoms with E-state index in [0.29, 0.717) is 17.2 Å². The number of nitrogens with zero attached hydrogens (tertiary/aromatic N) is 3. The van der Waals surface area contributed by atoms with Gasteiger partial charge in [-0.2, -0.15) is 5.10 Å². The molecule has 1 N–H and O–H groups in total. The van der Waals surface area contributed by atoms with Gasteiger partial charge in [0.05, 0.1) is 36.9 Å². The van der Waals surface area contributed by atoms with Crippen LogP contribution in [0.2, 0.25) is 0 Å². The number of hydrogen-bond acceptors (Lipinski definition) is 6. The quantitative estimate of drug-likeness (QED) is 0.453. The van der Waals surface area contributed by atoms with E-state index >= 15 is 0 Å². The lowest BCUT2D eigenvalue weighted by molar-refractivity contribution is -0.113. The van der Waals surface area contributed by atoms with Gasteiger partial charge in [-0.3, -0.25) is 4.79 Å². The summed E-state index contributed by atoms with van der Waals surface area (Å²) in [6.07, 6.45) is 3.48. The minimum Gasteiger partial charge on any atom is -0.497 e. The Morgan fingerprint density at radius 1 is 1.10 bits per heavy atom. The molecule has 4 rings (SSSR count). The molecular formula is C22H20N4O3S. The van der Waals surface area contributed by atoms with Crippen LogP contribution in [0.3, 0.4) is 0 Å². The normalized spacial score (nSPS) is 10.7. The van der Waals surface area contributed by atoms with E-state index in [0.717, 1.165) is 21.8 Å². The lowest BCUT2D eigenvalue weighted by Gasteiger charge is -2.11. The number of carbonyl (C=O) groups excluding carboxylic acids is 1. The average molecular weight is 420 g/mol. The first-order valence-electron chi connectivity index (χ1n) is 9.22. The molecule has 0 aliphatic heterocycles. The number of thioether (sulfide) groups is 1. The molecule has 1 amide bonds. The number of carbonyl (C=O) groups is 1. The largest absolute Gasteiger partial charge is 0.497 e. The van der Waals surface area contributed by atoms with E-state index in [1.54, 1.807) is 49.3 Å². The van der Waals surface area contributed by atoms with Gasteiger partial charge < -0.3 is 14.8 Å². The first kappa shape index (κ1) is 19.8. The monoisotopic (exact) mass is 420 g/mol. The van der Waals surface area contributed by atoms with Crippen LogP contribution in [0.15, 0.2) is 72.0 Å². The number of benzene rings is 2. The second kappa shape index (κ2) is 8.87. The molecule has 0 atom stereocenters. The number of nitrogens with one attached hydrogen (secondary N) is 1. The fourth-order valence-electron chi connectivity index (χ4n) is 2.99. The van der Waals surface area contributed by atoms with Gasteiger partial charge >= 0.3 is 0 Å². The third-order valence-electron chi connectivity index (χ3n) is 4.44. The molecule has 0 fully saturated rings. The lowest BCUT2D eigenvalue weighted by atomic mass is 10.1. The van der Waals surface area contributed by atoms with Crippen LogP contribution in [-0.2, 0) is 4.79 Å². The van der Waals surface area contributed by atoms with Crippen LogP contribution in [0.25, 0.3) is 16.8 Å². The van der Waals surface area contributed by atoms with Crippen molar-refractivity contribution < 1.29 is 14.3 Å². The molecule has 0 radical (unpaired) electrons. The molecule has 0 spiro atoms. The molecule has 0 unspecified atom stereocenters. The van der Waals surface area contributed by atoms with E-state index in [-0.39, 0.29) is 11.7 Å². The summed E-state index contributed by atoms with van der Waals surface area (Å²) in [6, 6.07) is 17.2. The van der Waals surface area contributed by atoms with Gasteiger partial charge in [0.2, 0.25) is 5.91 Å². The van der Waals surface area contributed by atoms with Crippen molar-refractivity contribution in [3.05, 3.63) is 67.0 Å². The van der Waals surface area contributed by atoms with Crippen molar-refractivity contribution in [3.63, 3.8) is 0 Å². The molecule has 0 bridgehead atoms. The van der Waals surface area contributed by atoms with E-state index in [4.69, 9.17) is 9.47 Å². The SMILES string of the molecule is COc1ccc(OC)c(NC(=O)CSc2nccn3nc(-c4ccccc4)cc23)c1. The molecule has 7 nitrogen and oxygen atoms in total. The van der Waals surface area contributed by atoms with Crippen LogP contribution in [0.4, 0.5) is 5.69 Å². The topological polar surface area (TPSA) is 77.8 Å². The average Bonchev–Trinajstić information content (AvgIpc) is 3.23. The highest BCUT2D eigenvalue weighted by Gasteiger charge is 2.13. The van der Waals surface area contributed by atoms with Gasteiger partial charge in [-0.05, 0) is 18.2 Å². The summed E-state index contributed by atoms with van der Waals surface area (Å²) in [5.74, 6) is 1.23. The molecule has 152 valence electrons. The smallest absolute Gasteiger partial charge is 0.234 e. The Bertz CT molecular complexity index is 1180. The van der Waals surface area contributed by atoms with Crippen LogP contribution < -0.4 is 14.8 Å². The first-order valence-corrected chi connectivity index (χ1v) is 10.2. The maximum atomic E-state index is 12.5. The van der Waals surface area contributed by atoms with Crippen LogP contribution in [0.5, 0.6) is 11.5 Å². The highest BCUT2D eigenvalue weighted by molar-refractivity contribution is 8.00. The lowest BCUT2D eigenvalue weighted by Crippen LogP contribution is -2.15. The van der Waals surface area contributed by atoms with Crippen molar-refractivity contribution in [2.24, 2.45) is 0 Å². The zero-order chi connectivity index (χ0) is 20.9. The molecule has 0 aliphatic rings. The molecule has 30 heavy (non-hydrogen) atoms. The van der Waals surface area contributed by atoms with Gasteiger partial charge in [-0.1, -0.05) is 42.1 Å². The standard InChI is InChI=1S/C22H20N4O3S/c1-28-16-8-9-20(29-2)18(12-16)24-21(27)14-30-22-19-13-17(15-6-4-3-5-7-15)25-26(19)11-10-23-22/h3-13H,14H2,1-2H3,(H,24,27). The van der Waals surface area contributed by atoms with Crippen molar-refractivity contribution in [2.75, 3.05) is 25.3 Å². The second-order valence-electron chi connectivity index (χ2n) is 6.36. The van der Waals surface area contributed by atoms with E-state index in [2.05, 4.69) is 15.4 Å². The van der Waals surface area contributed by atoms with E-state index in [1.807, 2.05) is 36.4 Å². The van der Waals surface area contributed by atoms with Crippen molar-refractivity contribution >= 4 is 28.9 Å². The highest BCUT2D eigenvalue weighted by atomic mass is 32.2. The number of aromatic nitrogens is 3. The van der Waals surface area contributed by atoms with Crippen LogP contribution in [0, 0.1) is 0 Å². The second-order valence-corrected chi connectivity index (χ2v) is 7.32. The molecular weight excluding hydrogens is 400 g/mol. The minimum atomic E-state index is -0.168. The molecule has 8 heteroatoms. The fourth-order valence-corrected chi connectivity index (χ4v) is 3.77. The highest BCUT2D eigenvalue weighted by Crippen LogP contribution is 2.30. The number of amides is 1. The summed E-state index contributed by atoms with van der Waals surface area (Å²) in [4.78, 5) is 17.0. The van der Waals surface area contributed by atoms with Gasteiger partial charge in [-0.25, -0.2) is 9.50 Å². The van der Waals surface area contributed by atoms with Gasteiger partial charge in [0, 0.05) is 24.0 Å². The molecule has 2 aromatic carbocycles. The summed E-state index contributed by atoms with van der Waals surface area (Å²) in [7, 11) is 3.13. The number of methoxy groups -OCH3 is 2. The maximum Gasteiger partial charge on any atom is 0.234 e. The number of fused-ring (bicyclic) bond motifs is 1. The van der Waals surface area contributed by atoms with Crippen LogP contribution >= 0.6 is 11.8 Å². The Morgan fingerprint density at radius 3 is 2.70 bits per heavy atom. The summed E-state index contributed by atoms with van der Waals surface area (Å²) in [6.45, 7) is 0. The van der Waals surface area contributed by atoms with Gasteiger partial charge in [0.1, 0.15) is 16.5 Å². The van der Waals surface area contributed by atoms with E-state index in [1.165, 1.54) is 11.8 Å². The number of hydrogen-bond donors (Lipinski definition) is 1. The Kier molecular flexibility index (Phi) is 5.85. The number of ether oxygens (including phenoxy) is 2. The van der Waals surface area contributed by atoms with Crippen LogP contribution in [-0.4, -0.2) is 40.5 Å². The molecule has 2 aromatic heterocycles. The summed E-state index contributed by atoms with van der Waals surface area (Å²) in [5, 5.41) is 8.22. The summed E-state index contributed by atoms with van der Waals surface area (Å²) < 4.78 is 12.3. The van der Waals surface area contributed by atoms with Crippen molar-refractivity contribution in [1.82, 2.24) is 14.6 Å². The van der Waals surface area contributed by atoms with Crippen molar-refractivity contribution in [3.8, 4) is 22.8 Å². The molecule has 0 saturated carbocycles. The molecule has 0 saturated heterocycles. The molecule has 2 heterocycles. The third-order valence-corrected chi connectivity index (χ3v) is 5.44. The Morgan fingerprint density at radius 2 is 1.93 bits per heavy atom. The van der Waals surface area contributed by atoms with Crippen molar-refractivity contribution in [2.45, 2.75) is 5.03 Å². The summed E-state index contributed by atoms with van der Waals surface area (Å²) in [5.41, 5.74) is 3.30.